The Bertz CT molecular complexity index is 574. The van der Waals surface area contributed by atoms with E-state index in [1.54, 1.807) is 0 Å². The van der Waals surface area contributed by atoms with Gasteiger partial charge in [0.2, 0.25) is 0 Å². The van der Waals surface area contributed by atoms with Gasteiger partial charge < -0.3 is 10.4 Å². The largest absolute Gasteiger partial charge is 0.481 e. The van der Waals surface area contributed by atoms with E-state index in [1.807, 2.05) is 0 Å². The first-order chi connectivity index (χ1) is 9.40. The molecule has 0 fully saturated rings. The first-order valence-corrected chi connectivity index (χ1v) is 6.10. The molecule has 21 heavy (non-hydrogen) atoms. The van der Waals surface area contributed by atoms with Crippen molar-refractivity contribution in [2.75, 3.05) is 0 Å². The molecule has 0 atom stereocenters. The fraction of sp³-hybridized carbons (Fsp3) is 0.429. The average Bonchev–Trinajstić information content (AvgIpc) is 2.34. The van der Waals surface area contributed by atoms with Crippen LogP contribution in [0.5, 0.6) is 0 Å². The Kier molecular flexibility index (Phi) is 4.36. The molecular weight excluding hydrogens is 287 g/mol. The number of carbonyl (C=O) groups is 2. The zero-order valence-electron chi connectivity index (χ0n) is 12.1. The molecule has 2 N–H and O–H groups in total. The number of carboxylic acid groups (broad SMARTS) is 1. The maximum Gasteiger partial charge on any atom is 0.311 e. The maximum atomic E-state index is 13.1. The Morgan fingerprint density at radius 1 is 1.05 bits per heavy atom. The van der Waals surface area contributed by atoms with Crippen LogP contribution < -0.4 is 5.32 Å². The molecule has 0 heterocycles. The van der Waals surface area contributed by atoms with Gasteiger partial charge in [0.25, 0.3) is 5.91 Å². The van der Waals surface area contributed by atoms with Crippen molar-refractivity contribution < 1.29 is 27.9 Å². The summed E-state index contributed by atoms with van der Waals surface area (Å²) in [5, 5.41) is 11.6. The van der Waals surface area contributed by atoms with E-state index in [1.165, 1.54) is 27.7 Å². The van der Waals surface area contributed by atoms with Crippen LogP contribution in [0.3, 0.4) is 0 Å². The third-order valence-electron chi connectivity index (χ3n) is 3.77. The first kappa shape index (κ1) is 17.0. The molecule has 116 valence electrons. The zero-order chi connectivity index (χ0) is 16.6. The highest BCUT2D eigenvalue weighted by Crippen LogP contribution is 2.31. The highest BCUT2D eigenvalue weighted by Gasteiger charge is 2.44. The molecule has 0 unspecified atom stereocenters. The highest BCUT2D eigenvalue weighted by molar-refractivity contribution is 5.95. The van der Waals surface area contributed by atoms with Crippen LogP contribution in [0.1, 0.15) is 38.1 Å². The lowest BCUT2D eigenvalue weighted by atomic mass is 9.74. The van der Waals surface area contributed by atoms with Gasteiger partial charge in [-0.1, -0.05) is 0 Å². The van der Waals surface area contributed by atoms with Crippen molar-refractivity contribution in [3.63, 3.8) is 0 Å². The molecule has 1 amide bonds. The summed E-state index contributed by atoms with van der Waals surface area (Å²) in [6.45, 7) is 5.74. The van der Waals surface area contributed by atoms with Crippen molar-refractivity contribution in [1.82, 2.24) is 5.32 Å². The van der Waals surface area contributed by atoms with Crippen molar-refractivity contribution >= 4 is 11.9 Å². The molecule has 0 aliphatic carbocycles. The topological polar surface area (TPSA) is 66.4 Å². The van der Waals surface area contributed by atoms with Crippen LogP contribution in [0.15, 0.2) is 12.1 Å². The molecule has 0 radical (unpaired) electrons. The number of halogens is 3. The van der Waals surface area contributed by atoms with E-state index in [0.29, 0.717) is 12.1 Å². The molecule has 0 aliphatic rings. The number of hydrogen-bond acceptors (Lipinski definition) is 2. The van der Waals surface area contributed by atoms with Crippen molar-refractivity contribution in [3.8, 4) is 0 Å². The van der Waals surface area contributed by atoms with Gasteiger partial charge in [-0.25, -0.2) is 13.2 Å². The molecule has 0 aromatic heterocycles. The van der Waals surface area contributed by atoms with Crippen LogP contribution in [0.25, 0.3) is 0 Å². The summed E-state index contributed by atoms with van der Waals surface area (Å²) >= 11 is 0. The Hall–Kier alpha value is -2.05. The predicted octanol–water partition coefficient (Wildman–Crippen LogP) is 2.72. The molecular formula is C14H16F3NO3. The van der Waals surface area contributed by atoms with E-state index in [0.717, 1.165) is 0 Å². The quantitative estimate of drug-likeness (QED) is 0.841. The summed E-state index contributed by atoms with van der Waals surface area (Å²) in [7, 11) is 0. The molecule has 0 saturated carbocycles. The van der Waals surface area contributed by atoms with Crippen LogP contribution in [0.2, 0.25) is 0 Å². The van der Waals surface area contributed by atoms with E-state index in [9.17, 15) is 22.8 Å². The van der Waals surface area contributed by atoms with Crippen LogP contribution in [-0.4, -0.2) is 22.5 Å². The first-order valence-electron chi connectivity index (χ1n) is 6.10. The van der Waals surface area contributed by atoms with E-state index >= 15 is 0 Å². The van der Waals surface area contributed by atoms with Gasteiger partial charge in [0.05, 0.1) is 11.0 Å². The van der Waals surface area contributed by atoms with Crippen molar-refractivity contribution in [1.29, 1.82) is 0 Å². The normalized spacial score (nSPS) is 12.1. The van der Waals surface area contributed by atoms with Crippen LogP contribution >= 0.6 is 0 Å². The number of carboxylic acids is 1. The van der Waals surface area contributed by atoms with Gasteiger partial charge in [-0.05, 0) is 39.8 Å². The molecule has 4 nitrogen and oxygen atoms in total. The number of rotatable bonds is 4. The molecule has 1 rings (SSSR count). The minimum absolute atomic E-state index is 0.430. The van der Waals surface area contributed by atoms with Gasteiger partial charge in [0, 0.05) is 5.56 Å². The lowest BCUT2D eigenvalue weighted by Crippen LogP contribution is -2.57. The molecule has 0 spiro atoms. The summed E-state index contributed by atoms with van der Waals surface area (Å²) in [4.78, 5) is 23.2. The van der Waals surface area contributed by atoms with Crippen LogP contribution in [0.4, 0.5) is 13.2 Å². The summed E-state index contributed by atoms with van der Waals surface area (Å²) in [6.07, 6.45) is 0. The molecule has 0 saturated heterocycles. The van der Waals surface area contributed by atoms with Gasteiger partial charge in [0.1, 0.15) is 0 Å². The molecule has 7 heteroatoms. The van der Waals surface area contributed by atoms with Gasteiger partial charge >= 0.3 is 5.97 Å². The Morgan fingerprint density at radius 2 is 1.48 bits per heavy atom. The summed E-state index contributed by atoms with van der Waals surface area (Å²) in [6, 6.07) is 1.11. The third kappa shape index (κ3) is 3.17. The summed E-state index contributed by atoms with van der Waals surface area (Å²) in [5.74, 6) is -6.70. The number of benzene rings is 1. The maximum absolute atomic E-state index is 13.1. The summed E-state index contributed by atoms with van der Waals surface area (Å²) in [5.41, 5.74) is -2.97. The number of carbonyl (C=O) groups excluding carboxylic acids is 1. The number of amides is 1. The predicted molar refractivity (Wildman–Crippen MR) is 69.3 cm³/mol. The van der Waals surface area contributed by atoms with Crippen LogP contribution in [0, 0.1) is 22.9 Å². The Balaban J connectivity index is 3.09. The van der Waals surface area contributed by atoms with Gasteiger partial charge in [-0.2, -0.15) is 0 Å². The standard InChI is InChI=1S/C14H16F3NO3/c1-13(2,12(20)21)14(3,4)18-11(19)7-5-8(15)10(17)9(16)6-7/h5-6H,1-4H3,(H,18,19)(H,20,21). The minimum atomic E-state index is -1.67. The second-order valence-electron chi connectivity index (χ2n) is 5.76. The molecule has 0 bridgehead atoms. The molecule has 0 aliphatic heterocycles. The fourth-order valence-electron chi connectivity index (χ4n) is 1.47. The highest BCUT2D eigenvalue weighted by atomic mass is 19.2. The summed E-state index contributed by atoms with van der Waals surface area (Å²) < 4.78 is 39.1. The minimum Gasteiger partial charge on any atom is -0.481 e. The third-order valence-corrected chi connectivity index (χ3v) is 3.77. The van der Waals surface area contributed by atoms with Gasteiger partial charge in [-0.3, -0.25) is 9.59 Å². The van der Waals surface area contributed by atoms with Crippen molar-refractivity contribution in [3.05, 3.63) is 35.1 Å². The van der Waals surface area contributed by atoms with Gasteiger partial charge in [0.15, 0.2) is 17.5 Å². The number of aliphatic carboxylic acids is 1. The lowest BCUT2D eigenvalue weighted by Gasteiger charge is -2.38. The average molecular weight is 303 g/mol. The fourth-order valence-corrected chi connectivity index (χ4v) is 1.47. The second kappa shape index (κ2) is 5.38. The van der Waals surface area contributed by atoms with E-state index < -0.39 is 45.8 Å². The number of nitrogens with one attached hydrogen (secondary N) is 1. The Labute approximate surface area is 120 Å². The van der Waals surface area contributed by atoms with E-state index in [4.69, 9.17) is 5.11 Å². The second-order valence-corrected chi connectivity index (χ2v) is 5.76. The Morgan fingerprint density at radius 3 is 1.86 bits per heavy atom. The van der Waals surface area contributed by atoms with E-state index in [-0.39, 0.29) is 0 Å². The molecule has 1 aromatic rings. The lowest BCUT2D eigenvalue weighted by molar-refractivity contribution is -0.150. The van der Waals surface area contributed by atoms with Crippen molar-refractivity contribution in [2.45, 2.75) is 33.2 Å². The smallest absolute Gasteiger partial charge is 0.311 e. The van der Waals surface area contributed by atoms with Crippen LogP contribution in [-0.2, 0) is 4.79 Å². The van der Waals surface area contributed by atoms with Gasteiger partial charge in [-0.15, -0.1) is 0 Å². The van der Waals surface area contributed by atoms with E-state index in [2.05, 4.69) is 5.32 Å². The van der Waals surface area contributed by atoms with Crippen molar-refractivity contribution in [2.24, 2.45) is 5.41 Å². The SMILES string of the molecule is CC(C)(NC(=O)c1cc(F)c(F)c(F)c1)C(C)(C)C(=O)O. The zero-order valence-corrected chi connectivity index (χ0v) is 12.1. The monoisotopic (exact) mass is 303 g/mol. The number of hydrogen-bond donors (Lipinski definition) is 2. The molecule has 1 aromatic carbocycles.